The van der Waals surface area contributed by atoms with E-state index in [1.165, 1.54) is 19.3 Å². The predicted octanol–water partition coefficient (Wildman–Crippen LogP) is 1.58. The number of aliphatic carboxylic acids is 2. The summed E-state index contributed by atoms with van der Waals surface area (Å²) in [6.45, 7) is 2.80. The minimum Gasteiger partial charge on any atom is -0.497 e. The molecule has 1 aromatic carbocycles. The van der Waals surface area contributed by atoms with Gasteiger partial charge < -0.3 is 20.3 Å². The third-order valence-corrected chi connectivity index (χ3v) is 3.61. The Morgan fingerprint density at radius 2 is 1.73 bits per heavy atom. The summed E-state index contributed by atoms with van der Waals surface area (Å²) in [5.41, 5.74) is 0.645. The van der Waals surface area contributed by atoms with Crippen molar-refractivity contribution in [1.29, 1.82) is 0 Å². The summed E-state index contributed by atoms with van der Waals surface area (Å²) in [5.74, 6) is -1.85. The van der Waals surface area contributed by atoms with E-state index in [1.807, 2.05) is 12.1 Å². The van der Waals surface area contributed by atoms with Crippen molar-refractivity contribution < 1.29 is 29.3 Å². The summed E-state index contributed by atoms with van der Waals surface area (Å²) < 4.78 is 5.11. The number of ether oxygens (including phenoxy) is 1. The Morgan fingerprint density at radius 3 is 2.27 bits per heavy atom. The first-order chi connectivity index (χ1) is 12.4. The summed E-state index contributed by atoms with van der Waals surface area (Å²) in [7, 11) is 1.60. The smallest absolute Gasteiger partial charge is 0.328 e. The number of piperidine rings is 1. The number of benzene rings is 1. The monoisotopic (exact) mass is 364 g/mol. The second kappa shape index (κ2) is 11.6. The Hall–Kier alpha value is -2.87. The molecule has 1 amide bonds. The maximum absolute atomic E-state index is 12.0. The molecule has 0 spiro atoms. The van der Waals surface area contributed by atoms with Crippen molar-refractivity contribution in [3.8, 4) is 5.75 Å². The van der Waals surface area contributed by atoms with Crippen LogP contribution in [0.15, 0.2) is 36.4 Å². The lowest BCUT2D eigenvalue weighted by Crippen LogP contribution is -2.40. The van der Waals surface area contributed by atoms with Gasteiger partial charge in [-0.2, -0.15) is 0 Å². The van der Waals surface area contributed by atoms with Gasteiger partial charge in [0.1, 0.15) is 5.75 Å². The highest BCUT2D eigenvalue weighted by Crippen LogP contribution is 2.12. The van der Waals surface area contributed by atoms with Crippen molar-refractivity contribution in [3.05, 3.63) is 42.0 Å². The number of methoxy groups -OCH3 is 1. The summed E-state index contributed by atoms with van der Waals surface area (Å²) in [4.78, 5) is 33.3. The summed E-state index contributed by atoms with van der Waals surface area (Å²) in [6, 6.07) is 7.22. The number of carbonyl (C=O) groups is 3. The van der Waals surface area contributed by atoms with Crippen LogP contribution in [0.2, 0.25) is 0 Å². The fourth-order valence-corrected chi connectivity index (χ4v) is 2.31. The van der Waals surface area contributed by atoms with Crippen LogP contribution in [0.1, 0.15) is 29.6 Å². The third kappa shape index (κ3) is 8.84. The number of amides is 1. The summed E-state index contributed by atoms with van der Waals surface area (Å²) in [5, 5.41) is 18.6. The van der Waals surface area contributed by atoms with Crippen LogP contribution >= 0.6 is 0 Å². The van der Waals surface area contributed by atoms with Crippen molar-refractivity contribution in [1.82, 2.24) is 10.2 Å². The number of carbonyl (C=O) groups excluding carboxylic acids is 1. The van der Waals surface area contributed by atoms with Gasteiger partial charge in [-0.15, -0.1) is 0 Å². The number of rotatable bonds is 6. The van der Waals surface area contributed by atoms with E-state index in [0.717, 1.165) is 13.1 Å². The number of hydrogen-bond acceptors (Lipinski definition) is 5. The maximum atomic E-state index is 12.0. The Bertz CT molecular complexity index is 622. The molecule has 2 rings (SSSR count). The first kappa shape index (κ1) is 21.2. The molecule has 3 N–H and O–H groups in total. The van der Waals surface area contributed by atoms with Gasteiger partial charge in [-0.3, -0.25) is 9.69 Å². The number of carboxylic acids is 2. The van der Waals surface area contributed by atoms with Crippen molar-refractivity contribution in [2.45, 2.75) is 19.3 Å². The largest absolute Gasteiger partial charge is 0.497 e. The van der Waals surface area contributed by atoms with Gasteiger partial charge in [-0.05, 0) is 44.1 Å². The first-order valence-electron chi connectivity index (χ1n) is 8.21. The van der Waals surface area contributed by atoms with E-state index in [4.69, 9.17) is 14.9 Å². The fourth-order valence-electron chi connectivity index (χ4n) is 2.31. The van der Waals surface area contributed by atoms with Gasteiger partial charge in [0.05, 0.1) is 13.8 Å². The van der Waals surface area contributed by atoms with Gasteiger partial charge in [0.25, 0.3) is 5.91 Å². The molecule has 1 heterocycles. The van der Waals surface area contributed by atoms with Crippen molar-refractivity contribution in [2.24, 2.45) is 0 Å². The lowest BCUT2D eigenvalue weighted by molar-refractivity contribution is -0.134. The van der Waals surface area contributed by atoms with Crippen LogP contribution in [0, 0.1) is 0 Å². The molecule has 0 aliphatic carbocycles. The van der Waals surface area contributed by atoms with Crippen molar-refractivity contribution in [3.63, 3.8) is 0 Å². The molecule has 0 unspecified atom stereocenters. The van der Waals surface area contributed by atoms with E-state index in [-0.39, 0.29) is 5.91 Å². The molecule has 142 valence electrons. The van der Waals surface area contributed by atoms with Crippen LogP contribution in [0.3, 0.4) is 0 Å². The zero-order valence-corrected chi connectivity index (χ0v) is 14.7. The van der Waals surface area contributed by atoms with E-state index >= 15 is 0 Å². The zero-order valence-electron chi connectivity index (χ0n) is 14.7. The normalized spacial score (nSPS) is 14.2. The van der Waals surface area contributed by atoms with E-state index in [1.54, 1.807) is 19.2 Å². The van der Waals surface area contributed by atoms with Crippen molar-refractivity contribution in [2.75, 3.05) is 26.9 Å². The molecule has 1 saturated heterocycles. The molecule has 8 heteroatoms. The topological polar surface area (TPSA) is 116 Å². The molecule has 0 aromatic heterocycles. The average Bonchev–Trinajstić information content (AvgIpc) is 2.66. The molecule has 26 heavy (non-hydrogen) atoms. The molecular formula is C18H24N2O6. The van der Waals surface area contributed by atoms with Gasteiger partial charge in [0.15, 0.2) is 0 Å². The second-order valence-electron chi connectivity index (χ2n) is 5.58. The first-order valence-corrected chi connectivity index (χ1v) is 8.21. The maximum Gasteiger partial charge on any atom is 0.328 e. The van der Waals surface area contributed by atoms with Crippen LogP contribution in [-0.2, 0) is 9.59 Å². The lowest BCUT2D eigenvalue weighted by atomic mass is 10.1. The third-order valence-electron chi connectivity index (χ3n) is 3.61. The van der Waals surface area contributed by atoms with Gasteiger partial charge >= 0.3 is 11.9 Å². The highest BCUT2D eigenvalue weighted by Gasteiger charge is 2.12. The number of nitrogens with one attached hydrogen (secondary N) is 1. The lowest BCUT2D eigenvalue weighted by Gasteiger charge is -2.26. The highest BCUT2D eigenvalue weighted by atomic mass is 16.5. The van der Waals surface area contributed by atoms with Crippen LogP contribution in [0.5, 0.6) is 5.75 Å². The quantitative estimate of drug-likeness (QED) is 0.656. The molecule has 0 atom stereocenters. The van der Waals surface area contributed by atoms with Gasteiger partial charge in [0, 0.05) is 17.7 Å². The molecule has 1 aromatic rings. The number of hydrogen-bond donors (Lipinski definition) is 3. The van der Waals surface area contributed by atoms with Gasteiger partial charge in [-0.25, -0.2) is 9.59 Å². The Labute approximate surface area is 152 Å². The zero-order chi connectivity index (χ0) is 19.4. The van der Waals surface area contributed by atoms with Crippen LogP contribution in [0.25, 0.3) is 0 Å². The Morgan fingerprint density at radius 1 is 1.12 bits per heavy atom. The van der Waals surface area contributed by atoms with E-state index in [2.05, 4.69) is 10.2 Å². The van der Waals surface area contributed by atoms with Crippen molar-refractivity contribution >= 4 is 17.8 Å². The molecule has 1 fully saturated rings. The molecular weight excluding hydrogens is 340 g/mol. The van der Waals surface area contributed by atoms with E-state index in [0.29, 0.717) is 30.1 Å². The van der Waals surface area contributed by atoms with Gasteiger partial charge in [0.2, 0.25) is 0 Å². The summed E-state index contributed by atoms with van der Waals surface area (Å²) >= 11 is 0. The predicted molar refractivity (Wildman–Crippen MR) is 95.2 cm³/mol. The molecule has 0 saturated carbocycles. The fraction of sp³-hybridized carbons (Fsp3) is 0.389. The molecule has 0 radical (unpaired) electrons. The molecule has 8 nitrogen and oxygen atoms in total. The van der Waals surface area contributed by atoms with E-state index in [9.17, 15) is 14.4 Å². The summed E-state index contributed by atoms with van der Waals surface area (Å²) in [6.07, 6.45) is 4.88. The van der Waals surface area contributed by atoms with Gasteiger partial charge in [-0.1, -0.05) is 12.5 Å². The second-order valence-corrected chi connectivity index (χ2v) is 5.58. The number of carboxylic acid groups (broad SMARTS) is 2. The minimum atomic E-state index is -1.26. The Balaban J connectivity index is 0.000000359. The van der Waals surface area contributed by atoms with Crippen LogP contribution < -0.4 is 10.1 Å². The molecule has 1 aliphatic heterocycles. The standard InChI is InChI=1S/C14H20N2O2.C4H4O4/c1-18-13-7-5-6-12(10-13)14(17)15-11-16-8-3-2-4-9-16;5-3(6)1-2-4(7)8/h5-7,10H,2-4,8-9,11H2,1H3,(H,15,17);1-2H,(H,5,6)(H,7,8)/b;2-1+. The van der Waals surface area contributed by atoms with Crippen LogP contribution in [0.4, 0.5) is 0 Å². The Kier molecular flexibility index (Phi) is 9.48. The molecule has 0 bridgehead atoms. The number of likely N-dealkylation sites (tertiary alicyclic amines) is 1. The molecule has 1 aliphatic rings. The highest BCUT2D eigenvalue weighted by molar-refractivity contribution is 5.94. The SMILES string of the molecule is COc1cccc(C(=O)NCN2CCCCC2)c1.O=C(O)/C=C/C(=O)O. The number of nitrogens with zero attached hydrogens (tertiary/aromatic N) is 1. The van der Waals surface area contributed by atoms with Crippen LogP contribution in [-0.4, -0.2) is 59.8 Å². The van der Waals surface area contributed by atoms with E-state index < -0.39 is 11.9 Å². The average molecular weight is 364 g/mol. The minimum absolute atomic E-state index is 0.0422.